The molecule has 0 bridgehead atoms. The second-order valence-corrected chi connectivity index (χ2v) is 7.16. The van der Waals surface area contributed by atoms with Gasteiger partial charge >= 0.3 is 0 Å². The minimum atomic E-state index is -0.0255. The van der Waals surface area contributed by atoms with Gasteiger partial charge in [-0.3, -0.25) is 9.59 Å². The number of ether oxygens (including phenoxy) is 1. The summed E-state index contributed by atoms with van der Waals surface area (Å²) in [5.41, 5.74) is 1.16. The molecule has 0 aliphatic carbocycles. The maximum absolute atomic E-state index is 12.3. The molecule has 1 aromatic carbocycles. The number of carbonyl (C=O) groups excluding carboxylic acids is 2. The van der Waals surface area contributed by atoms with Crippen molar-refractivity contribution in [2.45, 2.75) is 25.8 Å². The maximum atomic E-state index is 12.3. The molecule has 2 amide bonds. The molecular weight excluding hydrogens is 336 g/mol. The first kappa shape index (κ1) is 17.5. The lowest BCUT2D eigenvalue weighted by Gasteiger charge is -2.32. The summed E-state index contributed by atoms with van der Waals surface area (Å²) in [5, 5.41) is 4.94. The molecule has 2 heterocycles. The van der Waals surface area contributed by atoms with Gasteiger partial charge < -0.3 is 15.0 Å². The van der Waals surface area contributed by atoms with Gasteiger partial charge in [-0.2, -0.15) is 0 Å². The molecule has 1 fully saturated rings. The van der Waals surface area contributed by atoms with Crippen LogP contribution in [0.2, 0.25) is 0 Å². The first-order valence-electron chi connectivity index (χ1n) is 8.43. The molecule has 0 atom stereocenters. The number of amides is 2. The third kappa shape index (κ3) is 4.82. The molecule has 2 aromatic rings. The minimum absolute atomic E-state index is 0.0105. The van der Waals surface area contributed by atoms with E-state index in [1.807, 2.05) is 53.6 Å². The van der Waals surface area contributed by atoms with Crippen LogP contribution in [0.3, 0.4) is 0 Å². The number of likely N-dealkylation sites (tertiary alicyclic amines) is 1. The summed E-state index contributed by atoms with van der Waals surface area (Å²) in [6.07, 6.45) is 1.54. The summed E-state index contributed by atoms with van der Waals surface area (Å²) in [6, 6.07) is 11.5. The van der Waals surface area contributed by atoms with Crippen LogP contribution in [0.25, 0.3) is 0 Å². The fourth-order valence-electron chi connectivity index (χ4n) is 2.81. The van der Waals surface area contributed by atoms with Gasteiger partial charge in [0, 0.05) is 19.1 Å². The van der Waals surface area contributed by atoms with E-state index >= 15 is 0 Å². The Morgan fingerprint density at radius 2 is 1.92 bits per heavy atom. The first-order chi connectivity index (χ1) is 12.1. The Balaban J connectivity index is 1.41. The zero-order valence-electron chi connectivity index (χ0n) is 14.2. The highest BCUT2D eigenvalue weighted by Gasteiger charge is 2.24. The van der Waals surface area contributed by atoms with E-state index in [2.05, 4.69) is 5.32 Å². The Morgan fingerprint density at radius 1 is 1.20 bits per heavy atom. The average Bonchev–Trinajstić information content (AvgIpc) is 3.16. The van der Waals surface area contributed by atoms with Crippen molar-refractivity contribution in [1.82, 2.24) is 10.2 Å². The number of benzene rings is 1. The molecule has 1 saturated heterocycles. The zero-order valence-corrected chi connectivity index (χ0v) is 15.1. The first-order valence-corrected chi connectivity index (χ1v) is 9.31. The number of hydrogen-bond donors (Lipinski definition) is 1. The van der Waals surface area contributed by atoms with Crippen molar-refractivity contribution < 1.29 is 14.3 Å². The van der Waals surface area contributed by atoms with E-state index in [0.717, 1.165) is 23.3 Å². The lowest BCUT2D eigenvalue weighted by molar-refractivity contribution is -0.134. The summed E-state index contributed by atoms with van der Waals surface area (Å²) < 4.78 is 5.56. The summed E-state index contributed by atoms with van der Waals surface area (Å²) in [7, 11) is 0. The molecule has 0 unspecified atom stereocenters. The molecule has 25 heavy (non-hydrogen) atoms. The number of nitrogens with zero attached hydrogens (tertiary/aromatic N) is 1. The van der Waals surface area contributed by atoms with Crippen LogP contribution in [0.4, 0.5) is 0 Å². The van der Waals surface area contributed by atoms with Gasteiger partial charge in [-0.05, 0) is 43.3 Å². The molecule has 3 rings (SSSR count). The van der Waals surface area contributed by atoms with E-state index < -0.39 is 0 Å². The minimum Gasteiger partial charge on any atom is -0.484 e. The Morgan fingerprint density at radius 3 is 2.56 bits per heavy atom. The number of thiophene rings is 1. The van der Waals surface area contributed by atoms with Crippen LogP contribution in [0.15, 0.2) is 41.8 Å². The summed E-state index contributed by atoms with van der Waals surface area (Å²) in [6.45, 7) is 3.35. The standard InChI is InChI=1S/C19H22N2O3S/c1-14-4-6-16(7-5-14)24-13-18(22)21-10-8-15(9-11-21)20-19(23)17-3-2-12-25-17/h2-7,12,15H,8-11,13H2,1H3,(H,20,23). The molecule has 1 N–H and O–H groups in total. The monoisotopic (exact) mass is 358 g/mol. The average molecular weight is 358 g/mol. The van der Waals surface area contributed by atoms with Crippen molar-refractivity contribution >= 4 is 23.2 Å². The number of aryl methyl sites for hydroxylation is 1. The van der Waals surface area contributed by atoms with Crippen LogP contribution in [0.1, 0.15) is 28.1 Å². The van der Waals surface area contributed by atoms with Gasteiger partial charge in [-0.15, -0.1) is 11.3 Å². The highest BCUT2D eigenvalue weighted by atomic mass is 32.1. The second-order valence-electron chi connectivity index (χ2n) is 6.21. The van der Waals surface area contributed by atoms with Crippen molar-refractivity contribution in [1.29, 1.82) is 0 Å². The van der Waals surface area contributed by atoms with Gasteiger partial charge in [-0.1, -0.05) is 23.8 Å². The van der Waals surface area contributed by atoms with Crippen LogP contribution < -0.4 is 10.1 Å². The van der Waals surface area contributed by atoms with E-state index in [1.165, 1.54) is 11.3 Å². The van der Waals surface area contributed by atoms with Gasteiger partial charge in [0.15, 0.2) is 6.61 Å². The number of hydrogen-bond acceptors (Lipinski definition) is 4. The molecule has 0 radical (unpaired) electrons. The summed E-state index contributed by atoms with van der Waals surface area (Å²) in [4.78, 5) is 26.9. The molecule has 0 spiro atoms. The molecule has 132 valence electrons. The van der Waals surface area contributed by atoms with E-state index in [4.69, 9.17) is 4.74 Å². The zero-order chi connectivity index (χ0) is 17.6. The SMILES string of the molecule is Cc1ccc(OCC(=O)N2CCC(NC(=O)c3cccs3)CC2)cc1. The molecule has 1 aliphatic heterocycles. The van der Waals surface area contributed by atoms with Crippen molar-refractivity contribution in [3.05, 3.63) is 52.2 Å². The third-order valence-electron chi connectivity index (χ3n) is 4.31. The Hall–Kier alpha value is -2.34. The van der Waals surface area contributed by atoms with Gasteiger partial charge in [0.2, 0.25) is 0 Å². The van der Waals surface area contributed by atoms with Crippen molar-refractivity contribution in [2.75, 3.05) is 19.7 Å². The highest BCUT2D eigenvalue weighted by Crippen LogP contribution is 2.15. The van der Waals surface area contributed by atoms with Gasteiger partial charge in [-0.25, -0.2) is 0 Å². The fourth-order valence-corrected chi connectivity index (χ4v) is 3.44. The molecule has 5 nitrogen and oxygen atoms in total. The van der Waals surface area contributed by atoms with Gasteiger partial charge in [0.05, 0.1) is 4.88 Å². The molecule has 0 saturated carbocycles. The Labute approximate surface area is 151 Å². The van der Waals surface area contributed by atoms with Crippen molar-refractivity contribution in [2.24, 2.45) is 0 Å². The fraction of sp³-hybridized carbons (Fsp3) is 0.368. The summed E-state index contributed by atoms with van der Waals surface area (Å²) >= 11 is 1.44. The van der Waals surface area contributed by atoms with E-state index in [1.54, 1.807) is 0 Å². The van der Waals surface area contributed by atoms with Crippen LogP contribution in [-0.4, -0.2) is 42.5 Å². The lowest BCUT2D eigenvalue weighted by Crippen LogP contribution is -2.47. The molecule has 6 heteroatoms. The topological polar surface area (TPSA) is 58.6 Å². The van der Waals surface area contributed by atoms with Crippen molar-refractivity contribution in [3.63, 3.8) is 0 Å². The molecular formula is C19H22N2O3S. The van der Waals surface area contributed by atoms with E-state index in [-0.39, 0.29) is 24.5 Å². The second kappa shape index (κ2) is 8.16. The van der Waals surface area contributed by atoms with Crippen LogP contribution in [-0.2, 0) is 4.79 Å². The predicted octanol–water partition coefficient (Wildman–Crippen LogP) is 2.86. The Bertz CT molecular complexity index is 705. The number of piperidine rings is 1. The quantitative estimate of drug-likeness (QED) is 0.894. The van der Waals surface area contributed by atoms with Crippen LogP contribution in [0, 0.1) is 6.92 Å². The predicted molar refractivity (Wildman–Crippen MR) is 98.1 cm³/mol. The van der Waals surface area contributed by atoms with E-state index in [9.17, 15) is 9.59 Å². The molecule has 1 aromatic heterocycles. The number of rotatable bonds is 5. The number of nitrogens with one attached hydrogen (secondary N) is 1. The highest BCUT2D eigenvalue weighted by molar-refractivity contribution is 7.12. The lowest BCUT2D eigenvalue weighted by atomic mass is 10.0. The Kier molecular flexibility index (Phi) is 5.71. The van der Waals surface area contributed by atoms with Crippen molar-refractivity contribution in [3.8, 4) is 5.75 Å². The van der Waals surface area contributed by atoms with Gasteiger partial charge in [0.25, 0.3) is 11.8 Å². The molecule has 1 aliphatic rings. The largest absolute Gasteiger partial charge is 0.484 e. The third-order valence-corrected chi connectivity index (χ3v) is 5.18. The van der Waals surface area contributed by atoms with Gasteiger partial charge in [0.1, 0.15) is 5.75 Å². The van der Waals surface area contributed by atoms with Crippen LogP contribution in [0.5, 0.6) is 5.75 Å². The smallest absolute Gasteiger partial charge is 0.261 e. The normalized spacial score (nSPS) is 15.0. The number of carbonyl (C=O) groups is 2. The van der Waals surface area contributed by atoms with E-state index in [0.29, 0.717) is 18.8 Å². The maximum Gasteiger partial charge on any atom is 0.261 e. The summed E-state index contributed by atoms with van der Waals surface area (Å²) in [5.74, 6) is 0.670. The van der Waals surface area contributed by atoms with Crippen LogP contribution >= 0.6 is 11.3 Å².